The normalized spacial score (nSPS) is 15.4. The predicted octanol–water partition coefficient (Wildman–Crippen LogP) is 2.08. The molecule has 0 spiro atoms. The molecule has 5 N–H and O–H groups in total. The van der Waals surface area contributed by atoms with Gasteiger partial charge in [0.25, 0.3) is 0 Å². The van der Waals surface area contributed by atoms with E-state index >= 15 is 0 Å². The van der Waals surface area contributed by atoms with Crippen LogP contribution in [0.15, 0.2) is 60.7 Å². The largest absolute Gasteiger partial charge is 0.351 e. The van der Waals surface area contributed by atoms with Crippen LogP contribution in [0.25, 0.3) is 0 Å². The molecule has 1 unspecified atom stereocenters. The summed E-state index contributed by atoms with van der Waals surface area (Å²) in [5.74, 6) is -1.81. The van der Waals surface area contributed by atoms with Crippen LogP contribution >= 0.6 is 0 Å². The topological polar surface area (TPSA) is 147 Å². The van der Waals surface area contributed by atoms with Gasteiger partial charge in [0, 0.05) is 0 Å². The lowest BCUT2D eigenvalue weighted by atomic mass is 9.75. The highest BCUT2D eigenvalue weighted by atomic mass is 16.2. The third kappa shape index (κ3) is 5.37. The maximum Gasteiger partial charge on any atom is 0.328 e. The zero-order valence-electron chi connectivity index (χ0n) is 17.9. The molecule has 9 nitrogen and oxygen atoms in total. The zero-order valence-corrected chi connectivity index (χ0v) is 17.9. The van der Waals surface area contributed by atoms with Crippen LogP contribution in [-0.2, 0) is 19.8 Å². The highest BCUT2D eigenvalue weighted by molar-refractivity contribution is 6.22. The van der Waals surface area contributed by atoms with Gasteiger partial charge in [-0.1, -0.05) is 74.5 Å². The third-order valence-corrected chi connectivity index (χ3v) is 5.20. The number of urea groups is 2. The smallest absolute Gasteiger partial charge is 0.328 e. The second-order valence-corrected chi connectivity index (χ2v) is 7.09. The summed E-state index contributed by atoms with van der Waals surface area (Å²) < 4.78 is 0. The first-order valence-electron chi connectivity index (χ1n) is 10.1. The van der Waals surface area contributed by atoms with Gasteiger partial charge in [-0.2, -0.15) is 0 Å². The number of hydrogen-bond donors (Lipinski definition) is 4. The second kappa shape index (κ2) is 10.9. The molecule has 1 atom stereocenters. The molecule has 9 heteroatoms. The van der Waals surface area contributed by atoms with Gasteiger partial charge in [-0.05, 0) is 24.0 Å². The molecule has 32 heavy (non-hydrogen) atoms. The fraction of sp³-hybridized carbons (Fsp3) is 0.261. The van der Waals surface area contributed by atoms with Crippen molar-refractivity contribution < 1.29 is 24.0 Å². The van der Waals surface area contributed by atoms with E-state index in [0.29, 0.717) is 18.4 Å². The lowest BCUT2D eigenvalue weighted by Gasteiger charge is -2.33. The van der Waals surface area contributed by atoms with Gasteiger partial charge in [0.2, 0.25) is 17.7 Å². The molecular weight excluding hydrogens is 412 g/mol. The van der Waals surface area contributed by atoms with Gasteiger partial charge in [-0.3, -0.25) is 30.3 Å². The van der Waals surface area contributed by atoms with E-state index < -0.39 is 29.3 Å². The monoisotopic (exact) mass is 438 g/mol. The van der Waals surface area contributed by atoms with Gasteiger partial charge in [-0.15, -0.1) is 0 Å². The molecule has 1 heterocycles. The maximum atomic E-state index is 12.0. The molecule has 2 aromatic carbocycles. The van der Waals surface area contributed by atoms with Gasteiger partial charge in [0.1, 0.15) is 0 Å². The van der Waals surface area contributed by atoms with E-state index in [1.54, 1.807) is 37.3 Å². The molecule has 7 amide bonds. The zero-order chi connectivity index (χ0) is 23.7. The maximum absolute atomic E-state index is 12.0. The molecule has 3 rings (SSSR count). The summed E-state index contributed by atoms with van der Waals surface area (Å²) in [6.07, 6.45) is 0.922. The molecule has 1 fully saturated rings. The number of imide groups is 3. The van der Waals surface area contributed by atoms with Crippen LogP contribution in [0.1, 0.15) is 43.7 Å². The van der Waals surface area contributed by atoms with Crippen molar-refractivity contribution in [2.45, 2.75) is 38.0 Å². The van der Waals surface area contributed by atoms with Gasteiger partial charge < -0.3 is 5.73 Å². The van der Waals surface area contributed by atoms with Gasteiger partial charge in [0.05, 0.1) is 5.92 Å². The molecular formula is C23H26N4O5. The number of barbiturate groups is 1. The average Bonchev–Trinajstić information content (AvgIpc) is 2.76. The Morgan fingerprint density at radius 3 is 1.84 bits per heavy atom. The van der Waals surface area contributed by atoms with E-state index in [-0.39, 0.29) is 11.8 Å². The molecule has 0 saturated carbocycles. The second-order valence-electron chi connectivity index (χ2n) is 7.09. The van der Waals surface area contributed by atoms with Crippen LogP contribution < -0.4 is 21.7 Å². The van der Waals surface area contributed by atoms with Crippen molar-refractivity contribution in [2.24, 2.45) is 5.73 Å². The first-order chi connectivity index (χ1) is 15.3. The molecule has 0 aliphatic carbocycles. The molecule has 1 aliphatic heterocycles. The van der Waals surface area contributed by atoms with E-state index in [0.717, 1.165) is 5.56 Å². The van der Waals surface area contributed by atoms with Crippen molar-refractivity contribution in [1.29, 1.82) is 0 Å². The number of primary amides is 1. The average molecular weight is 438 g/mol. The lowest BCUT2D eigenvalue weighted by Crippen LogP contribution is -2.64. The first kappa shape index (κ1) is 24.3. The number of hydrogen-bond acceptors (Lipinski definition) is 5. The van der Waals surface area contributed by atoms with Crippen molar-refractivity contribution in [1.82, 2.24) is 16.0 Å². The molecule has 1 aliphatic rings. The Balaban J connectivity index is 0.000000229. The molecule has 168 valence electrons. The van der Waals surface area contributed by atoms with Crippen LogP contribution in [0.4, 0.5) is 9.59 Å². The first-order valence-corrected chi connectivity index (χ1v) is 10.1. The Morgan fingerprint density at radius 1 is 0.906 bits per heavy atom. The van der Waals surface area contributed by atoms with Gasteiger partial charge in [0.15, 0.2) is 5.41 Å². The molecule has 2 aromatic rings. The van der Waals surface area contributed by atoms with Crippen molar-refractivity contribution in [3.8, 4) is 0 Å². The molecule has 0 radical (unpaired) electrons. The van der Waals surface area contributed by atoms with Crippen molar-refractivity contribution >= 4 is 29.8 Å². The number of rotatable bonds is 5. The van der Waals surface area contributed by atoms with E-state index in [9.17, 15) is 24.0 Å². The lowest BCUT2D eigenvalue weighted by molar-refractivity contribution is -0.138. The summed E-state index contributed by atoms with van der Waals surface area (Å²) in [5.41, 5.74) is 5.06. The number of nitrogens with two attached hydrogens (primary N) is 1. The standard InChI is InChI=1S/C12H12N2O3.C11H14N2O2/c1-2-12(8-6-4-3-5-7-8)9(15)13-11(17)14-10(12)16;1-2-9(10(14)13-11(12)15)8-6-4-3-5-7-8/h3-7H,2H2,1H3,(H2,13,14,15,16,17);3-7,9H,2H2,1H3,(H3,12,13,14,15). The van der Waals surface area contributed by atoms with Crippen LogP contribution in [0, 0.1) is 0 Å². The molecule has 0 bridgehead atoms. The summed E-state index contributed by atoms with van der Waals surface area (Å²) in [4.78, 5) is 57.1. The van der Waals surface area contributed by atoms with Crippen LogP contribution in [-0.4, -0.2) is 29.8 Å². The Kier molecular flexibility index (Phi) is 8.23. The quantitative estimate of drug-likeness (QED) is 0.528. The van der Waals surface area contributed by atoms with E-state index in [4.69, 9.17) is 5.73 Å². The van der Waals surface area contributed by atoms with Gasteiger partial charge in [-0.25, -0.2) is 9.59 Å². The van der Waals surface area contributed by atoms with Crippen molar-refractivity contribution in [3.63, 3.8) is 0 Å². The fourth-order valence-corrected chi connectivity index (χ4v) is 3.53. The molecule has 0 aromatic heterocycles. The summed E-state index contributed by atoms with van der Waals surface area (Å²) in [6.45, 7) is 3.63. The Hall–Kier alpha value is -4.01. The predicted molar refractivity (Wildman–Crippen MR) is 117 cm³/mol. The highest BCUT2D eigenvalue weighted by Gasteiger charge is 2.50. The summed E-state index contributed by atoms with van der Waals surface area (Å²) in [5, 5.41) is 6.37. The number of carbonyl (C=O) groups is 5. The third-order valence-electron chi connectivity index (χ3n) is 5.20. The highest BCUT2D eigenvalue weighted by Crippen LogP contribution is 2.30. The van der Waals surface area contributed by atoms with Crippen LogP contribution in [0.2, 0.25) is 0 Å². The van der Waals surface area contributed by atoms with Crippen LogP contribution in [0.5, 0.6) is 0 Å². The van der Waals surface area contributed by atoms with Gasteiger partial charge >= 0.3 is 12.1 Å². The van der Waals surface area contributed by atoms with Crippen molar-refractivity contribution in [2.75, 3.05) is 0 Å². The Labute approximate surface area is 185 Å². The minimum Gasteiger partial charge on any atom is -0.351 e. The fourth-order valence-electron chi connectivity index (χ4n) is 3.53. The SMILES string of the molecule is CCC(C(=O)NC(N)=O)c1ccccc1.CCC1(c2ccccc2)C(=O)NC(=O)NC1=O. The summed E-state index contributed by atoms with van der Waals surface area (Å²) in [7, 11) is 0. The Bertz CT molecular complexity index is 972. The molecule has 1 saturated heterocycles. The minimum atomic E-state index is -1.31. The Morgan fingerprint density at radius 2 is 1.41 bits per heavy atom. The summed E-state index contributed by atoms with van der Waals surface area (Å²) in [6, 6.07) is 16.5. The van der Waals surface area contributed by atoms with Crippen molar-refractivity contribution in [3.05, 3.63) is 71.8 Å². The van der Waals surface area contributed by atoms with Crippen LogP contribution in [0.3, 0.4) is 0 Å². The minimum absolute atomic E-state index is 0.294. The number of nitrogens with one attached hydrogen (secondary N) is 3. The number of amides is 7. The number of benzene rings is 2. The van der Waals surface area contributed by atoms with E-state index in [2.05, 4.69) is 16.0 Å². The summed E-state index contributed by atoms with van der Waals surface area (Å²) >= 11 is 0. The van der Waals surface area contributed by atoms with E-state index in [1.165, 1.54) is 0 Å². The van der Waals surface area contributed by atoms with E-state index in [1.807, 2.05) is 37.3 Å². The number of carbonyl (C=O) groups excluding carboxylic acids is 5.